The molecule has 0 radical (unpaired) electrons. The molecule has 0 aliphatic rings. The summed E-state index contributed by atoms with van der Waals surface area (Å²) in [5.41, 5.74) is 0.779. The van der Waals surface area contributed by atoms with E-state index in [-0.39, 0.29) is 18.2 Å². The molecule has 0 aliphatic carbocycles. The summed E-state index contributed by atoms with van der Waals surface area (Å²) in [4.78, 5) is 16.6. The minimum atomic E-state index is -0.433. The maximum atomic E-state index is 12.9. The van der Waals surface area contributed by atoms with Gasteiger partial charge in [-0.05, 0) is 48.5 Å². The van der Waals surface area contributed by atoms with Gasteiger partial charge in [0.1, 0.15) is 36.1 Å². The van der Waals surface area contributed by atoms with E-state index in [9.17, 15) is 9.18 Å². The zero-order valence-electron chi connectivity index (χ0n) is 15.4. The van der Waals surface area contributed by atoms with Crippen LogP contribution < -0.4 is 10.1 Å². The highest BCUT2D eigenvalue weighted by molar-refractivity contribution is 6.01. The summed E-state index contributed by atoms with van der Waals surface area (Å²) in [5, 5.41) is 10.5. The van der Waals surface area contributed by atoms with Crippen molar-refractivity contribution in [2.24, 2.45) is 7.05 Å². The third-order valence-corrected chi connectivity index (χ3v) is 4.05. The van der Waals surface area contributed by atoms with E-state index >= 15 is 0 Å². The fourth-order valence-corrected chi connectivity index (χ4v) is 2.59. The summed E-state index contributed by atoms with van der Waals surface area (Å²) in [5.74, 6) is 1.37. The number of pyridine rings is 1. The average Bonchev–Trinajstić information content (AvgIpc) is 3.37. The van der Waals surface area contributed by atoms with Crippen molar-refractivity contribution >= 4 is 11.7 Å². The van der Waals surface area contributed by atoms with Crippen molar-refractivity contribution in [2.75, 3.05) is 5.32 Å². The average molecular weight is 393 g/mol. The number of benzene rings is 1. The minimum Gasteiger partial charge on any atom is -0.486 e. The minimum absolute atomic E-state index is 0.115. The summed E-state index contributed by atoms with van der Waals surface area (Å²) < 4.78 is 25.7. The van der Waals surface area contributed by atoms with Gasteiger partial charge in [-0.3, -0.25) is 4.79 Å². The monoisotopic (exact) mass is 393 g/mol. The molecule has 0 atom stereocenters. The molecule has 9 heteroatoms. The van der Waals surface area contributed by atoms with Crippen LogP contribution in [0.4, 0.5) is 10.2 Å². The Labute approximate surface area is 165 Å². The fourth-order valence-electron chi connectivity index (χ4n) is 2.59. The van der Waals surface area contributed by atoms with Gasteiger partial charge in [-0.2, -0.15) is 0 Å². The fraction of sp³-hybridized carbons (Fsp3) is 0.100. The molecule has 0 unspecified atom stereocenters. The van der Waals surface area contributed by atoms with E-state index in [1.165, 1.54) is 24.3 Å². The van der Waals surface area contributed by atoms with Crippen molar-refractivity contribution in [1.29, 1.82) is 0 Å². The second-order valence-electron chi connectivity index (χ2n) is 6.16. The van der Waals surface area contributed by atoms with Crippen molar-refractivity contribution < 1.29 is 18.3 Å². The SMILES string of the molecule is Cn1cnnc1-c1ccc(NC(=O)c2ccc(COc3ccc(F)cc3)o2)nc1. The van der Waals surface area contributed by atoms with Gasteiger partial charge in [0.2, 0.25) is 0 Å². The lowest BCUT2D eigenvalue weighted by atomic mass is 10.2. The van der Waals surface area contributed by atoms with Crippen LogP contribution in [0.15, 0.2) is 65.5 Å². The van der Waals surface area contributed by atoms with E-state index in [2.05, 4.69) is 20.5 Å². The van der Waals surface area contributed by atoms with Crippen LogP contribution in [-0.4, -0.2) is 25.7 Å². The Hall–Kier alpha value is -4.01. The van der Waals surface area contributed by atoms with E-state index in [1.54, 1.807) is 41.4 Å². The molecule has 0 fully saturated rings. The number of ether oxygens (including phenoxy) is 1. The highest BCUT2D eigenvalue weighted by atomic mass is 19.1. The molecule has 8 nitrogen and oxygen atoms in total. The zero-order chi connectivity index (χ0) is 20.2. The number of amides is 1. The molecule has 1 aromatic carbocycles. The van der Waals surface area contributed by atoms with E-state index in [0.29, 0.717) is 23.2 Å². The normalized spacial score (nSPS) is 10.7. The number of aromatic nitrogens is 4. The molecule has 1 N–H and O–H groups in total. The molecular formula is C20H16FN5O3. The lowest BCUT2D eigenvalue weighted by Gasteiger charge is -2.05. The third kappa shape index (κ3) is 4.29. The molecule has 0 aliphatic heterocycles. The first-order chi connectivity index (χ1) is 14.1. The van der Waals surface area contributed by atoms with Gasteiger partial charge in [0.25, 0.3) is 5.91 Å². The number of carbonyl (C=O) groups excluding carboxylic acids is 1. The van der Waals surface area contributed by atoms with E-state index in [1.807, 2.05) is 7.05 Å². The largest absolute Gasteiger partial charge is 0.486 e. The smallest absolute Gasteiger partial charge is 0.292 e. The van der Waals surface area contributed by atoms with Gasteiger partial charge in [0.05, 0.1) is 0 Å². The molecule has 0 spiro atoms. The van der Waals surface area contributed by atoms with Crippen LogP contribution in [0.25, 0.3) is 11.4 Å². The van der Waals surface area contributed by atoms with Crippen molar-refractivity contribution in [3.8, 4) is 17.1 Å². The highest BCUT2D eigenvalue weighted by Crippen LogP contribution is 2.18. The highest BCUT2D eigenvalue weighted by Gasteiger charge is 2.13. The number of aryl methyl sites for hydroxylation is 1. The maximum absolute atomic E-state index is 12.9. The van der Waals surface area contributed by atoms with Crippen molar-refractivity contribution in [2.45, 2.75) is 6.61 Å². The topological polar surface area (TPSA) is 95.1 Å². The van der Waals surface area contributed by atoms with E-state index in [4.69, 9.17) is 9.15 Å². The summed E-state index contributed by atoms with van der Waals surface area (Å²) in [6.07, 6.45) is 3.20. The Kier molecular flexibility index (Phi) is 5.02. The van der Waals surface area contributed by atoms with Crippen LogP contribution in [0.5, 0.6) is 5.75 Å². The van der Waals surface area contributed by atoms with Crippen LogP contribution in [0, 0.1) is 5.82 Å². The van der Waals surface area contributed by atoms with Crippen LogP contribution >= 0.6 is 0 Å². The summed E-state index contributed by atoms with van der Waals surface area (Å²) in [6.45, 7) is 0.115. The summed E-state index contributed by atoms with van der Waals surface area (Å²) in [6, 6.07) is 12.3. The van der Waals surface area contributed by atoms with Gasteiger partial charge < -0.3 is 19.0 Å². The lowest BCUT2D eigenvalue weighted by Crippen LogP contribution is -2.12. The van der Waals surface area contributed by atoms with Crippen LogP contribution in [0.3, 0.4) is 0 Å². The third-order valence-electron chi connectivity index (χ3n) is 4.05. The van der Waals surface area contributed by atoms with E-state index in [0.717, 1.165) is 5.56 Å². The Morgan fingerprint density at radius 1 is 1.17 bits per heavy atom. The van der Waals surface area contributed by atoms with Gasteiger partial charge >= 0.3 is 0 Å². The number of hydrogen-bond acceptors (Lipinski definition) is 6. The molecule has 146 valence electrons. The molecule has 0 saturated heterocycles. The number of hydrogen-bond donors (Lipinski definition) is 1. The van der Waals surface area contributed by atoms with Crippen LogP contribution in [0.2, 0.25) is 0 Å². The summed E-state index contributed by atoms with van der Waals surface area (Å²) in [7, 11) is 1.83. The van der Waals surface area contributed by atoms with E-state index < -0.39 is 5.91 Å². The Morgan fingerprint density at radius 3 is 2.69 bits per heavy atom. The number of rotatable bonds is 6. The van der Waals surface area contributed by atoms with Gasteiger partial charge in [-0.1, -0.05) is 0 Å². The zero-order valence-corrected chi connectivity index (χ0v) is 15.4. The molecule has 4 aromatic rings. The van der Waals surface area contributed by atoms with Gasteiger partial charge in [0, 0.05) is 18.8 Å². The summed E-state index contributed by atoms with van der Waals surface area (Å²) >= 11 is 0. The quantitative estimate of drug-likeness (QED) is 0.539. The second kappa shape index (κ2) is 7.93. The van der Waals surface area contributed by atoms with Crippen molar-refractivity contribution in [1.82, 2.24) is 19.7 Å². The molecule has 0 bridgehead atoms. The van der Waals surface area contributed by atoms with Gasteiger partial charge in [0.15, 0.2) is 11.6 Å². The molecule has 0 saturated carbocycles. The molecule has 3 heterocycles. The van der Waals surface area contributed by atoms with Gasteiger partial charge in [-0.25, -0.2) is 9.37 Å². The second-order valence-corrected chi connectivity index (χ2v) is 6.16. The number of carbonyl (C=O) groups is 1. The number of furan rings is 1. The molecular weight excluding hydrogens is 377 g/mol. The number of nitrogens with one attached hydrogen (secondary N) is 1. The first-order valence-electron chi connectivity index (χ1n) is 8.67. The molecule has 29 heavy (non-hydrogen) atoms. The number of anilines is 1. The standard InChI is InChI=1S/C20H16FN5O3/c1-26-12-23-25-19(26)13-2-9-18(22-10-13)24-20(27)17-8-7-16(29-17)11-28-15-5-3-14(21)4-6-15/h2-10,12H,11H2,1H3,(H,22,24,27). The lowest BCUT2D eigenvalue weighted by molar-refractivity contribution is 0.0992. The molecule has 4 rings (SSSR count). The van der Waals surface area contributed by atoms with Crippen molar-refractivity contribution in [3.05, 3.63) is 78.4 Å². The Balaban J connectivity index is 1.36. The van der Waals surface area contributed by atoms with Crippen molar-refractivity contribution in [3.63, 3.8) is 0 Å². The number of halogens is 1. The Bertz CT molecular complexity index is 1120. The predicted octanol–water partition coefficient (Wildman–Crippen LogP) is 3.44. The number of nitrogens with zero attached hydrogens (tertiary/aromatic N) is 4. The van der Waals surface area contributed by atoms with Crippen LogP contribution in [0.1, 0.15) is 16.3 Å². The molecule has 1 amide bonds. The first-order valence-corrected chi connectivity index (χ1v) is 8.67. The maximum Gasteiger partial charge on any atom is 0.292 e. The Morgan fingerprint density at radius 2 is 2.00 bits per heavy atom. The predicted molar refractivity (Wildman–Crippen MR) is 102 cm³/mol. The van der Waals surface area contributed by atoms with Gasteiger partial charge in [-0.15, -0.1) is 10.2 Å². The first kappa shape index (κ1) is 18.4. The van der Waals surface area contributed by atoms with Crippen LogP contribution in [-0.2, 0) is 13.7 Å². The molecule has 3 aromatic heterocycles.